The van der Waals surface area contributed by atoms with Gasteiger partial charge in [0.2, 0.25) is 0 Å². The average Bonchev–Trinajstić information content (AvgIpc) is 2.81. The van der Waals surface area contributed by atoms with Gasteiger partial charge in [-0.25, -0.2) is 4.98 Å². The van der Waals surface area contributed by atoms with E-state index in [-0.39, 0.29) is 0 Å². The molecule has 4 heteroatoms. The lowest BCUT2D eigenvalue weighted by Crippen LogP contribution is -1.96. The van der Waals surface area contributed by atoms with Crippen molar-refractivity contribution in [2.75, 3.05) is 12.8 Å². The number of para-hydroxylation sites is 2. The highest BCUT2D eigenvalue weighted by atomic mass is 16.5. The van der Waals surface area contributed by atoms with Crippen molar-refractivity contribution in [3.8, 4) is 11.4 Å². The first-order chi connectivity index (χ1) is 8.78. The van der Waals surface area contributed by atoms with E-state index in [1.54, 1.807) is 19.5 Å². The Bertz CT molecular complexity index is 703. The average molecular weight is 239 g/mol. The Kier molecular flexibility index (Phi) is 2.41. The Hall–Kier alpha value is -2.49. The molecule has 90 valence electrons. The quantitative estimate of drug-likeness (QED) is 0.699. The molecule has 0 fully saturated rings. The second kappa shape index (κ2) is 4.07. The van der Waals surface area contributed by atoms with Crippen LogP contribution in [0.15, 0.2) is 48.8 Å². The van der Waals surface area contributed by atoms with Gasteiger partial charge in [0.25, 0.3) is 0 Å². The van der Waals surface area contributed by atoms with Crippen LogP contribution < -0.4 is 10.5 Å². The minimum atomic E-state index is 0.669. The van der Waals surface area contributed by atoms with E-state index in [0.29, 0.717) is 5.69 Å². The number of aromatic nitrogens is 2. The van der Waals surface area contributed by atoms with Gasteiger partial charge < -0.3 is 10.5 Å². The van der Waals surface area contributed by atoms with Gasteiger partial charge in [-0.2, -0.15) is 0 Å². The first kappa shape index (κ1) is 10.7. The van der Waals surface area contributed by atoms with Gasteiger partial charge in [-0.3, -0.25) is 4.57 Å². The predicted octanol–water partition coefficient (Wildman–Crippen LogP) is 2.62. The van der Waals surface area contributed by atoms with Crippen LogP contribution in [0.25, 0.3) is 16.7 Å². The van der Waals surface area contributed by atoms with Gasteiger partial charge in [0.1, 0.15) is 12.1 Å². The van der Waals surface area contributed by atoms with Crippen molar-refractivity contribution in [1.82, 2.24) is 9.55 Å². The van der Waals surface area contributed by atoms with Crippen LogP contribution in [0.3, 0.4) is 0 Å². The van der Waals surface area contributed by atoms with Crippen molar-refractivity contribution in [3.63, 3.8) is 0 Å². The number of nitrogens with two attached hydrogens (primary N) is 1. The van der Waals surface area contributed by atoms with Crippen molar-refractivity contribution in [2.45, 2.75) is 0 Å². The molecule has 3 aromatic rings. The van der Waals surface area contributed by atoms with Crippen LogP contribution >= 0.6 is 0 Å². The van der Waals surface area contributed by atoms with Crippen LogP contribution in [0.4, 0.5) is 5.69 Å². The van der Waals surface area contributed by atoms with Crippen LogP contribution in [-0.4, -0.2) is 16.7 Å². The summed E-state index contributed by atoms with van der Waals surface area (Å²) >= 11 is 0. The third kappa shape index (κ3) is 1.68. The Morgan fingerprint density at radius 1 is 1.17 bits per heavy atom. The smallest absolute Gasteiger partial charge is 0.123 e. The molecule has 3 rings (SSSR count). The minimum absolute atomic E-state index is 0.669. The molecule has 1 aromatic heterocycles. The number of fused-ring (bicyclic) bond motifs is 1. The third-order valence-corrected chi connectivity index (χ3v) is 2.88. The maximum atomic E-state index is 5.87. The summed E-state index contributed by atoms with van der Waals surface area (Å²) in [5.41, 5.74) is 9.49. The molecular formula is C14H13N3O. The number of imidazole rings is 1. The summed E-state index contributed by atoms with van der Waals surface area (Å²) in [7, 11) is 1.63. The SMILES string of the molecule is COc1cc(N)cc(-n2cnc3ccccc32)c1. The van der Waals surface area contributed by atoms with Gasteiger partial charge in [0.05, 0.1) is 23.8 Å². The minimum Gasteiger partial charge on any atom is -0.497 e. The molecule has 2 N–H and O–H groups in total. The summed E-state index contributed by atoms with van der Waals surface area (Å²) < 4.78 is 7.23. The molecule has 0 radical (unpaired) electrons. The summed E-state index contributed by atoms with van der Waals surface area (Å²) in [6.07, 6.45) is 1.79. The van der Waals surface area contributed by atoms with E-state index < -0.39 is 0 Å². The fraction of sp³-hybridized carbons (Fsp3) is 0.0714. The van der Waals surface area contributed by atoms with E-state index in [1.165, 1.54) is 0 Å². The van der Waals surface area contributed by atoms with Gasteiger partial charge in [-0.15, -0.1) is 0 Å². The van der Waals surface area contributed by atoms with Crippen molar-refractivity contribution in [1.29, 1.82) is 0 Å². The highest BCUT2D eigenvalue weighted by Crippen LogP contribution is 2.24. The second-order valence-corrected chi connectivity index (χ2v) is 4.07. The highest BCUT2D eigenvalue weighted by molar-refractivity contribution is 5.77. The van der Waals surface area contributed by atoms with Crippen molar-refractivity contribution in [3.05, 3.63) is 48.8 Å². The predicted molar refractivity (Wildman–Crippen MR) is 72.0 cm³/mol. The summed E-state index contributed by atoms with van der Waals surface area (Å²) in [6.45, 7) is 0. The zero-order chi connectivity index (χ0) is 12.5. The summed E-state index contributed by atoms with van der Waals surface area (Å²) in [4.78, 5) is 4.36. The molecule has 0 aliphatic carbocycles. The van der Waals surface area contributed by atoms with Crippen LogP contribution in [0.5, 0.6) is 5.75 Å². The largest absolute Gasteiger partial charge is 0.497 e. The van der Waals surface area contributed by atoms with Gasteiger partial charge in [-0.1, -0.05) is 12.1 Å². The van der Waals surface area contributed by atoms with Crippen molar-refractivity contribution >= 4 is 16.7 Å². The molecule has 0 spiro atoms. The van der Waals surface area contributed by atoms with Gasteiger partial charge in [-0.05, 0) is 18.2 Å². The van der Waals surface area contributed by atoms with E-state index in [1.807, 2.05) is 41.0 Å². The Morgan fingerprint density at radius 3 is 2.83 bits per heavy atom. The van der Waals surface area contributed by atoms with Crippen LogP contribution in [0, 0.1) is 0 Å². The number of rotatable bonds is 2. The summed E-state index contributed by atoms with van der Waals surface area (Å²) in [5.74, 6) is 0.739. The molecule has 0 bridgehead atoms. The monoisotopic (exact) mass is 239 g/mol. The van der Waals surface area contributed by atoms with Gasteiger partial charge in [0, 0.05) is 17.8 Å². The first-order valence-corrected chi connectivity index (χ1v) is 5.65. The third-order valence-electron chi connectivity index (χ3n) is 2.88. The van der Waals surface area contributed by atoms with Crippen LogP contribution in [-0.2, 0) is 0 Å². The van der Waals surface area contributed by atoms with Gasteiger partial charge in [0.15, 0.2) is 0 Å². The molecule has 0 aliphatic rings. The molecule has 2 aromatic carbocycles. The summed E-state index contributed by atoms with van der Waals surface area (Å²) in [5, 5.41) is 0. The number of nitrogens with zero attached hydrogens (tertiary/aromatic N) is 2. The number of methoxy groups -OCH3 is 1. The maximum absolute atomic E-state index is 5.87. The zero-order valence-electron chi connectivity index (χ0n) is 10.00. The van der Waals surface area contributed by atoms with E-state index in [9.17, 15) is 0 Å². The van der Waals surface area contributed by atoms with Crippen LogP contribution in [0.2, 0.25) is 0 Å². The lowest BCUT2D eigenvalue weighted by atomic mass is 10.2. The molecule has 0 atom stereocenters. The number of hydrogen-bond donors (Lipinski definition) is 1. The number of benzene rings is 2. The standard InChI is InChI=1S/C14H13N3O/c1-18-12-7-10(15)6-11(8-12)17-9-16-13-4-2-3-5-14(13)17/h2-9H,15H2,1H3. The Morgan fingerprint density at radius 2 is 2.00 bits per heavy atom. The van der Waals surface area contributed by atoms with Gasteiger partial charge >= 0.3 is 0 Å². The molecule has 1 heterocycles. The molecule has 0 saturated carbocycles. The lowest BCUT2D eigenvalue weighted by molar-refractivity contribution is 0.415. The topological polar surface area (TPSA) is 53.1 Å². The number of nitrogen functional groups attached to an aromatic ring is 1. The fourth-order valence-electron chi connectivity index (χ4n) is 2.03. The summed E-state index contributed by atoms with van der Waals surface area (Å²) in [6, 6.07) is 13.6. The lowest BCUT2D eigenvalue weighted by Gasteiger charge is -2.08. The number of anilines is 1. The molecule has 18 heavy (non-hydrogen) atoms. The van der Waals surface area contributed by atoms with Crippen molar-refractivity contribution < 1.29 is 4.74 Å². The molecule has 0 unspecified atom stereocenters. The fourth-order valence-corrected chi connectivity index (χ4v) is 2.03. The molecular weight excluding hydrogens is 226 g/mol. The molecule has 0 amide bonds. The van der Waals surface area contributed by atoms with Crippen molar-refractivity contribution in [2.24, 2.45) is 0 Å². The molecule has 0 saturated heterocycles. The zero-order valence-corrected chi connectivity index (χ0v) is 10.00. The molecule has 4 nitrogen and oxygen atoms in total. The second-order valence-electron chi connectivity index (χ2n) is 4.07. The van der Waals surface area contributed by atoms with E-state index in [2.05, 4.69) is 4.98 Å². The molecule has 0 aliphatic heterocycles. The number of ether oxygens (including phenoxy) is 1. The van der Waals surface area contributed by atoms with E-state index in [4.69, 9.17) is 10.5 Å². The van der Waals surface area contributed by atoms with E-state index >= 15 is 0 Å². The Balaban J connectivity index is 2.22. The van der Waals surface area contributed by atoms with Crippen LogP contribution in [0.1, 0.15) is 0 Å². The number of hydrogen-bond acceptors (Lipinski definition) is 3. The normalized spacial score (nSPS) is 10.7. The first-order valence-electron chi connectivity index (χ1n) is 5.65. The maximum Gasteiger partial charge on any atom is 0.123 e. The highest BCUT2D eigenvalue weighted by Gasteiger charge is 2.06. The Labute approximate surface area is 105 Å². The van der Waals surface area contributed by atoms with E-state index in [0.717, 1.165) is 22.5 Å².